The van der Waals surface area contributed by atoms with Gasteiger partial charge in [0.1, 0.15) is 19.0 Å². The molecule has 2 heterocycles. The molecule has 0 spiro atoms. The Bertz CT molecular complexity index is 1170. The van der Waals surface area contributed by atoms with Crippen molar-refractivity contribution in [3.63, 3.8) is 0 Å². The Labute approximate surface area is 188 Å². The van der Waals surface area contributed by atoms with Crippen LogP contribution in [0.15, 0.2) is 64.5 Å². The third-order valence-corrected chi connectivity index (χ3v) is 6.19. The second-order valence-electron chi connectivity index (χ2n) is 7.53. The molecule has 5 rings (SSSR count). The fourth-order valence-corrected chi connectivity index (χ4v) is 4.75. The minimum Gasteiger partial charge on any atom is -0.493 e. The van der Waals surface area contributed by atoms with Crippen LogP contribution in [0.2, 0.25) is 0 Å². The van der Waals surface area contributed by atoms with Crippen LogP contribution < -0.4 is 14.8 Å². The predicted molar refractivity (Wildman–Crippen MR) is 119 cm³/mol. The molecule has 2 aliphatic rings. The second-order valence-corrected chi connectivity index (χ2v) is 8.39. The maximum absolute atomic E-state index is 12.9. The first-order chi connectivity index (χ1) is 15.2. The summed E-state index contributed by atoms with van der Waals surface area (Å²) in [4.78, 5) is 17.2. The van der Waals surface area contributed by atoms with E-state index in [1.165, 1.54) is 6.33 Å². The highest BCUT2D eigenvalue weighted by molar-refractivity contribution is 9.10. The molecule has 1 aliphatic heterocycles. The number of carbonyl (C=O) groups is 1. The maximum atomic E-state index is 12.9. The molecule has 1 aromatic heterocycles. The number of ketones is 1. The average Bonchev–Trinajstić information content (AvgIpc) is 3.25. The minimum absolute atomic E-state index is 0.138. The Balaban J connectivity index is 1.55. The van der Waals surface area contributed by atoms with E-state index in [9.17, 15) is 4.79 Å². The van der Waals surface area contributed by atoms with Crippen molar-refractivity contribution in [2.75, 3.05) is 12.4 Å². The number of hydrogen-bond donors (Lipinski definition) is 1. The number of carbonyl (C=O) groups excluding carboxylic acids is 1. The number of aromatic nitrogens is 3. The van der Waals surface area contributed by atoms with Crippen LogP contribution in [-0.4, -0.2) is 27.7 Å². The monoisotopic (exact) mass is 480 g/mol. The normalized spacial score (nSPS) is 17.6. The molecular formula is C23H21BrN4O3. The number of benzene rings is 2. The summed E-state index contributed by atoms with van der Waals surface area (Å²) in [5, 5.41) is 7.68. The molecule has 1 atom stereocenters. The van der Waals surface area contributed by atoms with E-state index in [2.05, 4.69) is 31.3 Å². The Morgan fingerprint density at radius 1 is 1.23 bits per heavy atom. The first-order valence-electron chi connectivity index (χ1n) is 10.1. The summed E-state index contributed by atoms with van der Waals surface area (Å²) in [7, 11) is 1.61. The van der Waals surface area contributed by atoms with Crippen LogP contribution in [0.4, 0.5) is 5.95 Å². The van der Waals surface area contributed by atoms with Crippen LogP contribution in [-0.2, 0) is 11.4 Å². The Kier molecular flexibility index (Phi) is 5.23. The molecule has 158 valence electrons. The van der Waals surface area contributed by atoms with Crippen LogP contribution >= 0.6 is 15.9 Å². The smallest absolute Gasteiger partial charge is 0.226 e. The number of ether oxygens (including phenoxy) is 2. The molecule has 0 bridgehead atoms. The van der Waals surface area contributed by atoms with E-state index >= 15 is 0 Å². The number of Topliss-reactive ketones (excluding diaryl/α,β-unsaturated/α-hetero) is 1. The highest BCUT2D eigenvalue weighted by Crippen LogP contribution is 2.44. The fourth-order valence-electron chi connectivity index (χ4n) is 4.17. The van der Waals surface area contributed by atoms with Gasteiger partial charge in [-0.3, -0.25) is 4.79 Å². The van der Waals surface area contributed by atoms with Crippen molar-refractivity contribution in [3.8, 4) is 11.5 Å². The predicted octanol–water partition coefficient (Wildman–Crippen LogP) is 4.65. The second kappa shape index (κ2) is 8.19. The van der Waals surface area contributed by atoms with Gasteiger partial charge in [0.2, 0.25) is 5.95 Å². The summed E-state index contributed by atoms with van der Waals surface area (Å²) >= 11 is 3.65. The number of hydrogen-bond acceptors (Lipinski definition) is 6. The van der Waals surface area contributed by atoms with Crippen molar-refractivity contribution in [1.82, 2.24) is 14.8 Å². The number of rotatable bonds is 5. The first-order valence-corrected chi connectivity index (χ1v) is 10.9. The van der Waals surface area contributed by atoms with E-state index in [-0.39, 0.29) is 11.8 Å². The van der Waals surface area contributed by atoms with E-state index in [0.29, 0.717) is 30.5 Å². The zero-order valence-electron chi connectivity index (χ0n) is 17.0. The van der Waals surface area contributed by atoms with Gasteiger partial charge in [-0.25, -0.2) is 4.68 Å². The molecule has 1 aliphatic carbocycles. The molecule has 31 heavy (non-hydrogen) atoms. The van der Waals surface area contributed by atoms with Gasteiger partial charge >= 0.3 is 0 Å². The molecule has 0 fully saturated rings. The number of nitrogens with one attached hydrogen (secondary N) is 1. The minimum atomic E-state index is -0.366. The summed E-state index contributed by atoms with van der Waals surface area (Å²) in [6, 6.07) is 13.5. The van der Waals surface area contributed by atoms with Gasteiger partial charge in [-0.15, -0.1) is 0 Å². The highest BCUT2D eigenvalue weighted by atomic mass is 79.9. The van der Waals surface area contributed by atoms with Crippen LogP contribution in [0.25, 0.3) is 0 Å². The Hall–Kier alpha value is -3.13. The summed E-state index contributed by atoms with van der Waals surface area (Å²) in [6.07, 6.45) is 3.70. The van der Waals surface area contributed by atoms with Gasteiger partial charge in [0.05, 0.1) is 11.6 Å². The van der Waals surface area contributed by atoms with Gasteiger partial charge in [-0.1, -0.05) is 30.3 Å². The van der Waals surface area contributed by atoms with E-state index in [4.69, 9.17) is 9.47 Å². The van der Waals surface area contributed by atoms with Gasteiger partial charge < -0.3 is 14.8 Å². The van der Waals surface area contributed by atoms with E-state index in [1.54, 1.807) is 11.8 Å². The van der Waals surface area contributed by atoms with Crippen LogP contribution in [0.1, 0.15) is 36.4 Å². The molecule has 0 unspecified atom stereocenters. The summed E-state index contributed by atoms with van der Waals surface area (Å²) < 4.78 is 14.2. The number of anilines is 1. The third kappa shape index (κ3) is 3.61. The maximum Gasteiger partial charge on any atom is 0.226 e. The number of methoxy groups -OCH3 is 1. The zero-order chi connectivity index (χ0) is 21.4. The van der Waals surface area contributed by atoms with Crippen molar-refractivity contribution >= 4 is 27.7 Å². The largest absolute Gasteiger partial charge is 0.493 e. The van der Waals surface area contributed by atoms with E-state index in [0.717, 1.165) is 39.7 Å². The lowest BCUT2D eigenvalue weighted by molar-refractivity contribution is -0.116. The number of halogens is 1. The average molecular weight is 481 g/mol. The van der Waals surface area contributed by atoms with Crippen LogP contribution in [0.5, 0.6) is 11.5 Å². The molecule has 0 saturated heterocycles. The highest BCUT2D eigenvalue weighted by Gasteiger charge is 2.36. The van der Waals surface area contributed by atoms with Crippen LogP contribution in [0, 0.1) is 0 Å². The van der Waals surface area contributed by atoms with E-state index in [1.807, 2.05) is 42.5 Å². The Morgan fingerprint density at radius 2 is 2.06 bits per heavy atom. The standard InChI is InChI=1S/C23H21BrN4O3/c1-30-19-11-15(10-16(24)22(19)31-12-14-6-3-2-4-7-14)21-20-17(8-5-9-18(20)29)27-23-25-13-26-28(21)23/h2-4,6-7,10-11,13,21H,5,8-9,12H2,1H3,(H,25,26,27)/t21-/m0/s1. The molecule has 8 heteroatoms. The molecule has 0 saturated carbocycles. The lowest BCUT2D eigenvalue weighted by Gasteiger charge is -2.32. The molecule has 3 aromatic rings. The third-order valence-electron chi connectivity index (χ3n) is 5.60. The lowest BCUT2D eigenvalue weighted by atomic mass is 9.85. The molecule has 0 amide bonds. The number of allylic oxidation sites excluding steroid dienone is 2. The van der Waals surface area contributed by atoms with Gasteiger partial charge in [-0.05, 0) is 52.0 Å². The number of fused-ring (bicyclic) bond motifs is 1. The fraction of sp³-hybridized carbons (Fsp3) is 0.261. The summed E-state index contributed by atoms with van der Waals surface area (Å²) in [5.41, 5.74) is 3.62. The summed E-state index contributed by atoms with van der Waals surface area (Å²) in [6.45, 7) is 0.420. The molecular weight excluding hydrogens is 460 g/mol. The first kappa shape index (κ1) is 19.8. The van der Waals surface area contributed by atoms with Crippen molar-refractivity contribution in [1.29, 1.82) is 0 Å². The van der Waals surface area contributed by atoms with Gasteiger partial charge in [0.25, 0.3) is 0 Å². The van der Waals surface area contributed by atoms with Crippen molar-refractivity contribution in [3.05, 3.63) is 75.7 Å². The SMILES string of the molecule is COc1cc([C@H]2C3=C(CCCC3=O)Nc3ncnn32)cc(Br)c1OCc1ccccc1. The number of nitrogens with zero attached hydrogens (tertiary/aromatic N) is 3. The molecule has 7 nitrogen and oxygen atoms in total. The zero-order valence-corrected chi connectivity index (χ0v) is 18.6. The van der Waals surface area contributed by atoms with Gasteiger partial charge in [0.15, 0.2) is 17.3 Å². The molecule has 0 radical (unpaired) electrons. The molecule has 2 aromatic carbocycles. The van der Waals surface area contributed by atoms with Crippen molar-refractivity contribution in [2.24, 2.45) is 0 Å². The molecule has 1 N–H and O–H groups in total. The van der Waals surface area contributed by atoms with Crippen molar-refractivity contribution < 1.29 is 14.3 Å². The Morgan fingerprint density at radius 3 is 2.87 bits per heavy atom. The quantitative estimate of drug-likeness (QED) is 0.572. The topological polar surface area (TPSA) is 78.3 Å². The van der Waals surface area contributed by atoms with Gasteiger partial charge in [0, 0.05) is 17.7 Å². The summed E-state index contributed by atoms with van der Waals surface area (Å²) in [5.74, 6) is 1.98. The van der Waals surface area contributed by atoms with E-state index < -0.39 is 0 Å². The van der Waals surface area contributed by atoms with Gasteiger partial charge in [-0.2, -0.15) is 10.1 Å². The van der Waals surface area contributed by atoms with Crippen molar-refractivity contribution in [2.45, 2.75) is 31.9 Å². The van der Waals surface area contributed by atoms with Crippen LogP contribution in [0.3, 0.4) is 0 Å². The lowest BCUT2D eigenvalue weighted by Crippen LogP contribution is -2.31.